The van der Waals surface area contributed by atoms with Gasteiger partial charge in [0.25, 0.3) is 5.91 Å². The number of hydrogen-bond donors (Lipinski definition) is 2. The third-order valence-corrected chi connectivity index (χ3v) is 5.47. The molecule has 0 bridgehead atoms. The minimum absolute atomic E-state index is 0.108. The van der Waals surface area contributed by atoms with Crippen molar-refractivity contribution in [1.82, 2.24) is 10.3 Å². The van der Waals surface area contributed by atoms with Crippen LogP contribution in [0.3, 0.4) is 0 Å². The van der Waals surface area contributed by atoms with E-state index < -0.39 is 0 Å². The van der Waals surface area contributed by atoms with E-state index in [9.17, 15) is 9.59 Å². The number of carbonyl (C=O) groups is 2. The molecule has 1 aliphatic heterocycles. The average Bonchev–Trinajstić information content (AvgIpc) is 3.20. The van der Waals surface area contributed by atoms with Gasteiger partial charge < -0.3 is 15.5 Å². The Bertz CT molecular complexity index is 872. The predicted molar refractivity (Wildman–Crippen MR) is 105 cm³/mol. The van der Waals surface area contributed by atoms with E-state index in [1.54, 1.807) is 6.07 Å². The first-order chi connectivity index (χ1) is 13.0. The molecule has 4 rings (SSSR count). The number of carbonyl (C=O) groups excluding carboxylic acids is 2. The summed E-state index contributed by atoms with van der Waals surface area (Å²) in [6, 6.07) is 11.3. The first kappa shape index (κ1) is 17.5. The van der Waals surface area contributed by atoms with E-state index in [0.717, 1.165) is 42.6 Å². The van der Waals surface area contributed by atoms with E-state index in [1.165, 1.54) is 0 Å². The number of rotatable bonds is 3. The SMILES string of the molecule is Cc1ccc2c(n1)N(C)C(c1ccc(NC(=O)C3CCCC3)cc1)NC2=O. The van der Waals surface area contributed by atoms with Crippen LogP contribution in [0.5, 0.6) is 0 Å². The summed E-state index contributed by atoms with van der Waals surface area (Å²) in [5.74, 6) is 0.803. The fraction of sp³-hybridized carbons (Fsp3) is 0.381. The number of fused-ring (bicyclic) bond motifs is 1. The molecular weight excluding hydrogens is 340 g/mol. The van der Waals surface area contributed by atoms with Crippen molar-refractivity contribution in [2.45, 2.75) is 38.8 Å². The van der Waals surface area contributed by atoms with E-state index >= 15 is 0 Å². The molecule has 0 saturated heterocycles. The Hall–Kier alpha value is -2.89. The summed E-state index contributed by atoms with van der Waals surface area (Å²) in [6.45, 7) is 1.91. The molecule has 1 fully saturated rings. The van der Waals surface area contributed by atoms with Gasteiger partial charge in [-0.05, 0) is 49.6 Å². The minimum Gasteiger partial charge on any atom is -0.335 e. The number of aromatic nitrogens is 1. The average molecular weight is 364 g/mol. The van der Waals surface area contributed by atoms with Crippen LogP contribution < -0.4 is 15.5 Å². The maximum atomic E-state index is 12.5. The molecule has 2 aromatic rings. The third kappa shape index (κ3) is 3.39. The second-order valence-corrected chi connectivity index (χ2v) is 7.40. The quantitative estimate of drug-likeness (QED) is 0.875. The monoisotopic (exact) mass is 364 g/mol. The molecule has 6 heteroatoms. The first-order valence-electron chi connectivity index (χ1n) is 9.45. The zero-order chi connectivity index (χ0) is 19.0. The van der Waals surface area contributed by atoms with Crippen LogP contribution in [-0.4, -0.2) is 23.8 Å². The number of benzene rings is 1. The minimum atomic E-state index is -0.293. The number of anilines is 2. The molecule has 1 aliphatic carbocycles. The standard InChI is InChI=1S/C21H24N4O2/c1-13-7-12-17-19(22-13)25(2)18(24-21(17)27)14-8-10-16(11-9-14)23-20(26)15-5-3-4-6-15/h7-12,15,18H,3-6H2,1-2H3,(H,23,26)(H,24,27). The van der Waals surface area contributed by atoms with Gasteiger partial charge in [-0.2, -0.15) is 0 Å². The molecule has 1 atom stereocenters. The number of nitrogens with one attached hydrogen (secondary N) is 2. The first-order valence-corrected chi connectivity index (χ1v) is 9.45. The third-order valence-electron chi connectivity index (χ3n) is 5.47. The molecule has 1 unspecified atom stereocenters. The van der Waals surface area contributed by atoms with Gasteiger partial charge in [-0.1, -0.05) is 25.0 Å². The van der Waals surface area contributed by atoms with Crippen LogP contribution in [0.1, 0.15) is 53.5 Å². The van der Waals surface area contributed by atoms with E-state index in [-0.39, 0.29) is 23.9 Å². The lowest BCUT2D eigenvalue weighted by atomic mass is 10.1. The van der Waals surface area contributed by atoms with E-state index in [2.05, 4.69) is 15.6 Å². The molecule has 0 spiro atoms. The summed E-state index contributed by atoms with van der Waals surface area (Å²) in [7, 11) is 1.92. The number of aryl methyl sites for hydroxylation is 1. The van der Waals surface area contributed by atoms with Gasteiger partial charge in [0.1, 0.15) is 12.0 Å². The summed E-state index contributed by atoms with van der Waals surface area (Å²) < 4.78 is 0. The zero-order valence-electron chi connectivity index (χ0n) is 15.7. The number of pyridine rings is 1. The van der Waals surface area contributed by atoms with Crippen LogP contribution in [0.15, 0.2) is 36.4 Å². The number of amides is 2. The summed E-state index contributed by atoms with van der Waals surface area (Å²) in [6.07, 6.45) is 3.95. The van der Waals surface area contributed by atoms with Gasteiger partial charge in [0.2, 0.25) is 5.91 Å². The topological polar surface area (TPSA) is 74.3 Å². The van der Waals surface area contributed by atoms with Crippen LogP contribution in [0.4, 0.5) is 11.5 Å². The van der Waals surface area contributed by atoms with Crippen LogP contribution in [-0.2, 0) is 4.79 Å². The van der Waals surface area contributed by atoms with Gasteiger partial charge in [0.05, 0.1) is 5.56 Å². The van der Waals surface area contributed by atoms with E-state index in [4.69, 9.17) is 0 Å². The van der Waals surface area contributed by atoms with Gasteiger partial charge in [-0.15, -0.1) is 0 Å². The Labute approximate surface area is 159 Å². The fourth-order valence-electron chi connectivity index (χ4n) is 3.90. The van der Waals surface area contributed by atoms with Crippen molar-refractivity contribution in [2.75, 3.05) is 17.3 Å². The van der Waals surface area contributed by atoms with Gasteiger partial charge in [-0.3, -0.25) is 9.59 Å². The summed E-state index contributed by atoms with van der Waals surface area (Å²) in [4.78, 5) is 31.2. The zero-order valence-corrected chi connectivity index (χ0v) is 15.7. The van der Waals surface area contributed by atoms with Crippen molar-refractivity contribution in [3.05, 3.63) is 53.2 Å². The molecule has 2 amide bonds. The highest BCUT2D eigenvalue weighted by Gasteiger charge is 2.30. The highest BCUT2D eigenvalue weighted by molar-refractivity contribution is 6.01. The van der Waals surface area contributed by atoms with Gasteiger partial charge in [0, 0.05) is 24.3 Å². The van der Waals surface area contributed by atoms with Crippen LogP contribution in [0, 0.1) is 12.8 Å². The molecule has 1 aromatic heterocycles. The van der Waals surface area contributed by atoms with Crippen molar-refractivity contribution in [3.63, 3.8) is 0 Å². The van der Waals surface area contributed by atoms with Crippen LogP contribution in [0.25, 0.3) is 0 Å². The molecule has 6 nitrogen and oxygen atoms in total. The molecular formula is C21H24N4O2. The molecule has 1 aromatic carbocycles. The summed E-state index contributed by atoms with van der Waals surface area (Å²) in [5.41, 5.74) is 3.19. The lowest BCUT2D eigenvalue weighted by Crippen LogP contribution is -2.45. The Morgan fingerprint density at radius 2 is 1.85 bits per heavy atom. The van der Waals surface area contributed by atoms with Crippen molar-refractivity contribution < 1.29 is 9.59 Å². The van der Waals surface area contributed by atoms with Gasteiger partial charge >= 0.3 is 0 Å². The molecule has 2 aliphatic rings. The van der Waals surface area contributed by atoms with Crippen molar-refractivity contribution in [3.8, 4) is 0 Å². The van der Waals surface area contributed by atoms with E-state index in [1.807, 2.05) is 49.2 Å². The van der Waals surface area contributed by atoms with Crippen molar-refractivity contribution in [1.29, 1.82) is 0 Å². The molecule has 2 N–H and O–H groups in total. The van der Waals surface area contributed by atoms with E-state index in [0.29, 0.717) is 11.4 Å². The molecule has 27 heavy (non-hydrogen) atoms. The Morgan fingerprint density at radius 1 is 1.15 bits per heavy atom. The summed E-state index contributed by atoms with van der Waals surface area (Å²) in [5, 5.41) is 6.03. The lowest BCUT2D eigenvalue weighted by Gasteiger charge is -2.35. The maximum Gasteiger partial charge on any atom is 0.256 e. The second kappa shape index (κ2) is 7.02. The highest BCUT2D eigenvalue weighted by atomic mass is 16.2. The molecule has 2 heterocycles. The predicted octanol–water partition coefficient (Wildman–Crippen LogP) is 3.40. The molecule has 0 radical (unpaired) electrons. The van der Waals surface area contributed by atoms with Crippen LogP contribution in [0.2, 0.25) is 0 Å². The van der Waals surface area contributed by atoms with Gasteiger partial charge in [0.15, 0.2) is 0 Å². The fourth-order valence-corrected chi connectivity index (χ4v) is 3.90. The Balaban J connectivity index is 1.52. The van der Waals surface area contributed by atoms with Crippen molar-refractivity contribution >= 4 is 23.3 Å². The molecule has 1 saturated carbocycles. The Morgan fingerprint density at radius 3 is 2.56 bits per heavy atom. The second-order valence-electron chi connectivity index (χ2n) is 7.40. The highest BCUT2D eigenvalue weighted by Crippen LogP contribution is 2.31. The lowest BCUT2D eigenvalue weighted by molar-refractivity contribution is -0.119. The largest absolute Gasteiger partial charge is 0.335 e. The van der Waals surface area contributed by atoms with Crippen LogP contribution >= 0.6 is 0 Å². The molecule has 140 valence electrons. The van der Waals surface area contributed by atoms with Crippen molar-refractivity contribution in [2.24, 2.45) is 5.92 Å². The smallest absolute Gasteiger partial charge is 0.256 e. The number of nitrogens with zero attached hydrogens (tertiary/aromatic N) is 2. The normalized spacial score (nSPS) is 19.6. The maximum absolute atomic E-state index is 12.5. The Kier molecular flexibility index (Phi) is 4.56. The summed E-state index contributed by atoms with van der Waals surface area (Å²) >= 11 is 0. The van der Waals surface area contributed by atoms with Gasteiger partial charge in [-0.25, -0.2) is 4.98 Å². The number of hydrogen-bond acceptors (Lipinski definition) is 4.